The second-order valence-electron chi connectivity index (χ2n) is 6.25. The van der Waals surface area contributed by atoms with Gasteiger partial charge < -0.3 is 25.2 Å². The van der Waals surface area contributed by atoms with Gasteiger partial charge in [-0.05, 0) is 42.3 Å². The van der Waals surface area contributed by atoms with Crippen LogP contribution in [0.3, 0.4) is 0 Å². The molecular weight excluding hydrogens is 458 g/mol. The average Bonchev–Trinajstić information content (AvgIpc) is 2.65. The van der Waals surface area contributed by atoms with Crippen LogP contribution in [-0.2, 0) is 13.2 Å². The van der Waals surface area contributed by atoms with Crippen molar-refractivity contribution in [3.63, 3.8) is 0 Å². The Balaban J connectivity index is 0.00000392. The number of methoxy groups -OCH3 is 1. The van der Waals surface area contributed by atoms with Crippen LogP contribution in [0.1, 0.15) is 18.1 Å². The van der Waals surface area contributed by atoms with E-state index < -0.39 is 0 Å². The van der Waals surface area contributed by atoms with Crippen LogP contribution >= 0.6 is 48.0 Å². The molecule has 0 heterocycles. The first kappa shape index (κ1) is 28.1. The van der Waals surface area contributed by atoms with E-state index in [1.807, 2.05) is 24.3 Å². The van der Waals surface area contributed by atoms with E-state index in [0.29, 0.717) is 34.7 Å². The first-order valence-electron chi connectivity index (χ1n) is 8.82. The molecule has 0 aliphatic carbocycles. The lowest BCUT2D eigenvalue weighted by Gasteiger charge is -2.13. The molecule has 164 valence electrons. The number of aliphatic hydroxyl groups excluding tert-OH is 1. The lowest BCUT2D eigenvalue weighted by Crippen LogP contribution is -2.31. The van der Waals surface area contributed by atoms with Gasteiger partial charge in [-0.1, -0.05) is 35.3 Å². The first-order chi connectivity index (χ1) is 13.0. The van der Waals surface area contributed by atoms with Gasteiger partial charge in [-0.15, -0.1) is 24.8 Å². The fourth-order valence-electron chi connectivity index (χ4n) is 2.45. The Morgan fingerprint density at radius 2 is 1.62 bits per heavy atom. The van der Waals surface area contributed by atoms with Gasteiger partial charge in [0.15, 0.2) is 11.5 Å². The van der Waals surface area contributed by atoms with E-state index in [2.05, 4.69) is 10.6 Å². The highest BCUT2D eigenvalue weighted by Gasteiger charge is 2.07. The zero-order valence-corrected chi connectivity index (χ0v) is 19.6. The van der Waals surface area contributed by atoms with E-state index in [0.717, 1.165) is 30.8 Å². The minimum Gasteiger partial charge on any atom is -0.493 e. The normalized spacial score (nSPS) is 11.2. The Kier molecular flexibility index (Phi) is 14.5. The lowest BCUT2D eigenvalue weighted by molar-refractivity contribution is 0.191. The molecule has 0 aliphatic rings. The Hall–Kier alpha value is -0.920. The molecule has 3 N–H and O–H groups in total. The molecule has 0 spiro atoms. The number of benzene rings is 2. The zero-order valence-electron chi connectivity index (χ0n) is 16.4. The van der Waals surface area contributed by atoms with E-state index in [1.54, 1.807) is 26.2 Å². The first-order valence-corrected chi connectivity index (χ1v) is 9.58. The summed E-state index contributed by atoms with van der Waals surface area (Å²) in [5, 5.41) is 16.7. The Morgan fingerprint density at radius 1 is 0.931 bits per heavy atom. The van der Waals surface area contributed by atoms with Crippen LogP contribution in [0.4, 0.5) is 0 Å². The van der Waals surface area contributed by atoms with Crippen molar-refractivity contribution in [2.24, 2.45) is 0 Å². The van der Waals surface area contributed by atoms with E-state index in [9.17, 15) is 5.11 Å². The van der Waals surface area contributed by atoms with Gasteiger partial charge in [0.2, 0.25) is 0 Å². The summed E-state index contributed by atoms with van der Waals surface area (Å²) in [5.74, 6) is 1.35. The number of ether oxygens (including phenoxy) is 2. The summed E-state index contributed by atoms with van der Waals surface area (Å²) in [6.45, 7) is 5.06. The van der Waals surface area contributed by atoms with E-state index >= 15 is 0 Å². The number of rotatable bonds is 11. The van der Waals surface area contributed by atoms with Crippen LogP contribution in [0.15, 0.2) is 36.4 Å². The second kappa shape index (κ2) is 15.0. The molecule has 0 bridgehead atoms. The molecule has 2 aromatic rings. The third-order valence-corrected chi connectivity index (χ3v) is 4.59. The van der Waals surface area contributed by atoms with Gasteiger partial charge in [0, 0.05) is 26.2 Å². The third kappa shape index (κ3) is 10.1. The van der Waals surface area contributed by atoms with Gasteiger partial charge in [-0.3, -0.25) is 0 Å². The van der Waals surface area contributed by atoms with Crippen molar-refractivity contribution >= 4 is 48.0 Å². The predicted octanol–water partition coefficient (Wildman–Crippen LogP) is 4.48. The summed E-state index contributed by atoms with van der Waals surface area (Å²) in [6, 6.07) is 11.3. The third-order valence-electron chi connectivity index (χ3n) is 3.85. The molecule has 0 amide bonds. The molecule has 0 aromatic heterocycles. The van der Waals surface area contributed by atoms with Crippen LogP contribution in [0.5, 0.6) is 11.5 Å². The van der Waals surface area contributed by atoms with Gasteiger partial charge in [0.05, 0.1) is 23.3 Å². The van der Waals surface area contributed by atoms with E-state index in [-0.39, 0.29) is 30.9 Å². The molecule has 9 heteroatoms. The number of hydrogen-bond donors (Lipinski definition) is 3. The van der Waals surface area contributed by atoms with Crippen molar-refractivity contribution in [1.82, 2.24) is 10.6 Å². The van der Waals surface area contributed by atoms with Gasteiger partial charge in [-0.2, -0.15) is 0 Å². The van der Waals surface area contributed by atoms with Crippen molar-refractivity contribution < 1.29 is 14.6 Å². The van der Waals surface area contributed by atoms with Gasteiger partial charge in [0.1, 0.15) is 6.61 Å². The lowest BCUT2D eigenvalue weighted by atomic mass is 10.2. The second-order valence-corrected chi connectivity index (χ2v) is 7.07. The van der Waals surface area contributed by atoms with Gasteiger partial charge in [-0.25, -0.2) is 0 Å². The SMILES string of the molecule is COc1cc(CNCCNCC(C)O)ccc1OCc1ccc(Cl)c(Cl)c1.Cl.Cl. The maximum atomic E-state index is 9.19. The van der Waals surface area contributed by atoms with Crippen LogP contribution < -0.4 is 20.1 Å². The van der Waals surface area contributed by atoms with Crippen molar-refractivity contribution in [3.05, 3.63) is 57.6 Å². The molecule has 0 aliphatic heterocycles. The van der Waals surface area contributed by atoms with Crippen molar-refractivity contribution in [2.75, 3.05) is 26.7 Å². The van der Waals surface area contributed by atoms with Crippen LogP contribution in [0.2, 0.25) is 10.0 Å². The highest BCUT2D eigenvalue weighted by Crippen LogP contribution is 2.29. The highest BCUT2D eigenvalue weighted by atomic mass is 35.5. The molecule has 0 saturated heterocycles. The summed E-state index contributed by atoms with van der Waals surface area (Å²) in [4.78, 5) is 0. The van der Waals surface area contributed by atoms with Crippen molar-refractivity contribution in [3.8, 4) is 11.5 Å². The molecule has 0 radical (unpaired) electrons. The minimum atomic E-state index is -0.328. The predicted molar refractivity (Wildman–Crippen MR) is 125 cm³/mol. The van der Waals surface area contributed by atoms with E-state index in [1.165, 1.54) is 0 Å². The monoisotopic (exact) mass is 484 g/mol. The molecule has 1 unspecified atom stereocenters. The Bertz CT molecular complexity index is 733. The Morgan fingerprint density at radius 3 is 2.28 bits per heavy atom. The summed E-state index contributed by atoms with van der Waals surface area (Å²) >= 11 is 12.0. The van der Waals surface area contributed by atoms with Crippen LogP contribution in [0, 0.1) is 0 Å². The van der Waals surface area contributed by atoms with Crippen molar-refractivity contribution in [1.29, 1.82) is 0 Å². The molecule has 5 nitrogen and oxygen atoms in total. The molecule has 0 fully saturated rings. The number of nitrogens with one attached hydrogen (secondary N) is 2. The average molecular weight is 486 g/mol. The molecular formula is C20H28Cl4N2O3. The fraction of sp³-hybridized carbons (Fsp3) is 0.400. The number of halogens is 4. The molecule has 2 aromatic carbocycles. The quantitative estimate of drug-likeness (QED) is 0.409. The maximum absolute atomic E-state index is 9.19. The summed E-state index contributed by atoms with van der Waals surface area (Å²) in [5.41, 5.74) is 2.03. The maximum Gasteiger partial charge on any atom is 0.161 e. The summed E-state index contributed by atoms with van der Waals surface area (Å²) in [7, 11) is 1.62. The summed E-state index contributed by atoms with van der Waals surface area (Å²) < 4.78 is 11.3. The zero-order chi connectivity index (χ0) is 19.6. The van der Waals surface area contributed by atoms with E-state index in [4.69, 9.17) is 32.7 Å². The number of hydrogen-bond acceptors (Lipinski definition) is 5. The molecule has 1 atom stereocenters. The smallest absolute Gasteiger partial charge is 0.161 e. The van der Waals surface area contributed by atoms with Gasteiger partial charge >= 0.3 is 0 Å². The van der Waals surface area contributed by atoms with Crippen molar-refractivity contribution in [2.45, 2.75) is 26.2 Å². The van der Waals surface area contributed by atoms with Crippen LogP contribution in [0.25, 0.3) is 0 Å². The summed E-state index contributed by atoms with van der Waals surface area (Å²) in [6.07, 6.45) is -0.328. The van der Waals surface area contributed by atoms with Crippen LogP contribution in [-0.4, -0.2) is 38.0 Å². The topological polar surface area (TPSA) is 62.8 Å². The standard InChI is InChI=1S/C20H26Cl2N2O3.2ClH/c1-14(25)11-23-7-8-24-12-15-4-6-19(20(10-15)26-2)27-13-16-3-5-17(21)18(22)9-16;;/h3-6,9-10,14,23-25H,7-8,11-13H2,1-2H3;2*1H. The Labute approximate surface area is 194 Å². The minimum absolute atomic E-state index is 0. The number of aliphatic hydroxyl groups is 1. The molecule has 29 heavy (non-hydrogen) atoms. The molecule has 0 saturated carbocycles. The van der Waals surface area contributed by atoms with Gasteiger partial charge in [0.25, 0.3) is 0 Å². The fourth-order valence-corrected chi connectivity index (χ4v) is 2.77. The highest BCUT2D eigenvalue weighted by molar-refractivity contribution is 6.42. The largest absolute Gasteiger partial charge is 0.493 e. The molecule has 2 rings (SSSR count).